The molecule has 27 heavy (non-hydrogen) atoms. The van der Waals surface area contributed by atoms with E-state index in [1.807, 2.05) is 12.1 Å². The maximum absolute atomic E-state index is 9.08. The number of β-amino-alcohol motifs (C(OH)–C–C–N with tert-alkyl or cyclic N) is 1. The molecule has 3 rings (SSSR count). The summed E-state index contributed by atoms with van der Waals surface area (Å²) in [5.41, 5.74) is 7.58. The highest BCUT2D eigenvalue weighted by Crippen LogP contribution is 2.34. The first-order valence-electron chi connectivity index (χ1n) is 8.84. The lowest BCUT2D eigenvalue weighted by Crippen LogP contribution is -2.47. The van der Waals surface area contributed by atoms with E-state index in [1.165, 1.54) is 6.33 Å². The van der Waals surface area contributed by atoms with Crippen LogP contribution in [0.4, 0.5) is 23.0 Å². The minimum atomic E-state index is 0.174. The average Bonchev–Trinajstić information content (AvgIpc) is 2.71. The third-order valence-corrected chi connectivity index (χ3v) is 4.61. The highest BCUT2D eigenvalue weighted by atomic mass is 16.5. The molecule has 146 valence electrons. The van der Waals surface area contributed by atoms with Gasteiger partial charge in [-0.2, -0.15) is 0 Å². The molecule has 1 fully saturated rings. The van der Waals surface area contributed by atoms with Crippen molar-refractivity contribution in [3.63, 3.8) is 0 Å². The van der Waals surface area contributed by atoms with Gasteiger partial charge in [-0.15, -0.1) is 0 Å². The third kappa shape index (κ3) is 4.32. The van der Waals surface area contributed by atoms with Crippen LogP contribution in [0.1, 0.15) is 0 Å². The van der Waals surface area contributed by atoms with E-state index in [-0.39, 0.29) is 6.61 Å². The van der Waals surface area contributed by atoms with Crippen molar-refractivity contribution < 1.29 is 14.6 Å². The molecule has 9 nitrogen and oxygen atoms in total. The summed E-state index contributed by atoms with van der Waals surface area (Å²) in [6, 6.07) is 5.48. The molecule has 4 N–H and O–H groups in total. The van der Waals surface area contributed by atoms with Crippen LogP contribution in [-0.2, 0) is 0 Å². The zero-order valence-corrected chi connectivity index (χ0v) is 15.7. The lowest BCUT2D eigenvalue weighted by molar-refractivity contribution is 0.188. The molecular formula is C18H26N6O3. The van der Waals surface area contributed by atoms with Crippen LogP contribution in [0.5, 0.6) is 11.5 Å². The Kier molecular flexibility index (Phi) is 6.15. The fraction of sp³-hybridized carbons (Fsp3) is 0.444. The number of hydrogen-bond acceptors (Lipinski definition) is 9. The number of hydrogen-bond donors (Lipinski definition) is 3. The molecule has 2 heterocycles. The van der Waals surface area contributed by atoms with E-state index < -0.39 is 0 Å². The Morgan fingerprint density at radius 3 is 2.59 bits per heavy atom. The SMILES string of the molecule is COc1ccc(Nc2ncnc(N3CCN(CCO)CC3)c2N)c(OC)c1. The van der Waals surface area contributed by atoms with Crippen molar-refractivity contribution in [3.05, 3.63) is 24.5 Å². The van der Waals surface area contributed by atoms with Crippen LogP contribution in [-0.4, -0.2) is 73.5 Å². The zero-order valence-electron chi connectivity index (χ0n) is 15.7. The monoisotopic (exact) mass is 374 g/mol. The molecule has 0 atom stereocenters. The van der Waals surface area contributed by atoms with Gasteiger partial charge in [0.2, 0.25) is 0 Å². The number of nitrogen functional groups attached to an aromatic ring is 1. The predicted octanol–water partition coefficient (Wildman–Crippen LogP) is 0.934. The molecule has 0 amide bonds. The van der Waals surface area contributed by atoms with Gasteiger partial charge in [-0.25, -0.2) is 9.97 Å². The molecule has 0 aliphatic carbocycles. The van der Waals surface area contributed by atoms with Crippen LogP contribution >= 0.6 is 0 Å². The van der Waals surface area contributed by atoms with Gasteiger partial charge in [0.1, 0.15) is 23.5 Å². The summed E-state index contributed by atoms with van der Waals surface area (Å²) in [4.78, 5) is 13.0. The summed E-state index contributed by atoms with van der Waals surface area (Å²) in [6.45, 7) is 4.18. The van der Waals surface area contributed by atoms with Gasteiger partial charge in [-0.05, 0) is 12.1 Å². The number of benzene rings is 1. The molecular weight excluding hydrogens is 348 g/mol. The maximum atomic E-state index is 9.08. The molecule has 1 saturated heterocycles. The van der Waals surface area contributed by atoms with Crippen molar-refractivity contribution in [1.82, 2.24) is 14.9 Å². The van der Waals surface area contributed by atoms with Crippen LogP contribution < -0.4 is 25.4 Å². The summed E-state index contributed by atoms with van der Waals surface area (Å²) in [5.74, 6) is 2.57. The van der Waals surface area contributed by atoms with Crippen LogP contribution in [0, 0.1) is 0 Å². The van der Waals surface area contributed by atoms with Crippen LogP contribution in [0.25, 0.3) is 0 Å². The Hall–Kier alpha value is -2.78. The minimum Gasteiger partial charge on any atom is -0.497 e. The highest BCUT2D eigenvalue weighted by molar-refractivity contribution is 5.80. The van der Waals surface area contributed by atoms with Gasteiger partial charge in [-0.3, -0.25) is 4.90 Å². The van der Waals surface area contributed by atoms with Crippen LogP contribution in [0.2, 0.25) is 0 Å². The van der Waals surface area contributed by atoms with Crippen LogP contribution in [0.3, 0.4) is 0 Å². The topological polar surface area (TPSA) is 109 Å². The van der Waals surface area contributed by atoms with Gasteiger partial charge in [0, 0.05) is 38.8 Å². The Labute approximate surface area is 158 Å². The smallest absolute Gasteiger partial charge is 0.159 e. The maximum Gasteiger partial charge on any atom is 0.159 e. The van der Waals surface area contributed by atoms with E-state index in [9.17, 15) is 0 Å². The summed E-state index contributed by atoms with van der Waals surface area (Å²) >= 11 is 0. The number of aliphatic hydroxyl groups excluding tert-OH is 1. The largest absolute Gasteiger partial charge is 0.497 e. The number of aliphatic hydroxyl groups is 1. The standard InChI is InChI=1S/C18H26N6O3/c1-26-13-3-4-14(15(11-13)27-2)22-17-16(19)18(21-12-20-17)24-7-5-23(6-8-24)9-10-25/h3-4,11-12,25H,5-10,19H2,1-2H3,(H,20,21,22). The summed E-state index contributed by atoms with van der Waals surface area (Å²) in [6.07, 6.45) is 1.50. The second-order valence-electron chi connectivity index (χ2n) is 6.20. The molecule has 2 aromatic rings. The van der Waals surface area contributed by atoms with Gasteiger partial charge in [0.25, 0.3) is 0 Å². The van der Waals surface area contributed by atoms with Crippen molar-refractivity contribution in [2.75, 3.05) is 69.5 Å². The van der Waals surface area contributed by atoms with E-state index in [2.05, 4.69) is 25.1 Å². The summed E-state index contributed by atoms with van der Waals surface area (Å²) < 4.78 is 10.6. The Balaban J connectivity index is 1.78. The van der Waals surface area contributed by atoms with Crippen LogP contribution in [0.15, 0.2) is 24.5 Å². The Bertz CT molecular complexity index is 765. The molecule has 9 heteroatoms. The van der Waals surface area contributed by atoms with Gasteiger partial charge in [0.05, 0.1) is 26.5 Å². The Morgan fingerprint density at radius 2 is 1.93 bits per heavy atom. The fourth-order valence-electron chi connectivity index (χ4n) is 3.09. The second kappa shape index (κ2) is 8.74. The molecule has 1 aromatic carbocycles. The van der Waals surface area contributed by atoms with Gasteiger partial charge >= 0.3 is 0 Å². The number of rotatable bonds is 7. The zero-order chi connectivity index (χ0) is 19.2. The predicted molar refractivity (Wildman–Crippen MR) is 105 cm³/mol. The molecule has 1 aromatic heterocycles. The van der Waals surface area contributed by atoms with Crippen molar-refractivity contribution in [1.29, 1.82) is 0 Å². The van der Waals surface area contributed by atoms with E-state index in [0.717, 1.165) is 31.9 Å². The molecule has 1 aliphatic rings. The lowest BCUT2D eigenvalue weighted by atomic mass is 10.2. The van der Waals surface area contributed by atoms with E-state index in [4.69, 9.17) is 20.3 Å². The fourth-order valence-corrected chi connectivity index (χ4v) is 3.09. The van der Waals surface area contributed by atoms with E-state index >= 15 is 0 Å². The van der Waals surface area contributed by atoms with Crippen molar-refractivity contribution >= 4 is 23.0 Å². The second-order valence-corrected chi connectivity index (χ2v) is 6.20. The summed E-state index contributed by atoms with van der Waals surface area (Å²) in [7, 11) is 3.21. The number of nitrogens with zero attached hydrogens (tertiary/aromatic N) is 4. The first kappa shape index (κ1) is 19.0. The van der Waals surface area contributed by atoms with E-state index in [0.29, 0.717) is 35.4 Å². The van der Waals surface area contributed by atoms with Gasteiger partial charge in [-0.1, -0.05) is 0 Å². The first-order valence-corrected chi connectivity index (χ1v) is 8.84. The number of nitrogens with two attached hydrogens (primary N) is 1. The lowest BCUT2D eigenvalue weighted by Gasteiger charge is -2.35. The Morgan fingerprint density at radius 1 is 1.15 bits per heavy atom. The van der Waals surface area contributed by atoms with Gasteiger partial charge < -0.3 is 30.5 Å². The number of nitrogens with one attached hydrogen (secondary N) is 1. The van der Waals surface area contributed by atoms with Crippen molar-refractivity contribution in [2.45, 2.75) is 0 Å². The van der Waals surface area contributed by atoms with Gasteiger partial charge in [0.15, 0.2) is 11.6 Å². The van der Waals surface area contributed by atoms with Crippen molar-refractivity contribution in [2.24, 2.45) is 0 Å². The average molecular weight is 374 g/mol. The normalized spacial score (nSPS) is 14.9. The number of methoxy groups -OCH3 is 2. The number of aromatic nitrogens is 2. The molecule has 1 aliphatic heterocycles. The number of piperazine rings is 1. The molecule has 0 spiro atoms. The highest BCUT2D eigenvalue weighted by Gasteiger charge is 2.21. The van der Waals surface area contributed by atoms with Crippen molar-refractivity contribution in [3.8, 4) is 11.5 Å². The number of ether oxygens (including phenoxy) is 2. The molecule has 0 saturated carbocycles. The molecule has 0 bridgehead atoms. The first-order chi connectivity index (χ1) is 13.2. The quantitative estimate of drug-likeness (QED) is 0.652. The minimum absolute atomic E-state index is 0.174. The molecule has 0 radical (unpaired) electrons. The van der Waals surface area contributed by atoms with E-state index in [1.54, 1.807) is 20.3 Å². The summed E-state index contributed by atoms with van der Waals surface area (Å²) in [5, 5.41) is 12.3. The molecule has 0 unspecified atom stereocenters. The third-order valence-electron chi connectivity index (χ3n) is 4.61. The number of anilines is 4.